The number of halogens is 1. The SMILES string of the molecule is Cc1ncc(C(=O)Nc2ccccc2F)c(CCNC(=O)c2cccc(-n3cccn3)c2)n1. The summed E-state index contributed by atoms with van der Waals surface area (Å²) >= 11 is 0. The highest BCUT2D eigenvalue weighted by Crippen LogP contribution is 2.15. The molecule has 166 valence electrons. The summed E-state index contributed by atoms with van der Waals surface area (Å²) in [5.74, 6) is -0.823. The van der Waals surface area contributed by atoms with Crippen molar-refractivity contribution in [2.24, 2.45) is 0 Å². The maximum Gasteiger partial charge on any atom is 0.259 e. The fourth-order valence-electron chi connectivity index (χ4n) is 3.26. The predicted octanol–water partition coefficient (Wildman–Crippen LogP) is 3.33. The first-order valence-electron chi connectivity index (χ1n) is 10.3. The molecule has 0 atom stereocenters. The van der Waals surface area contributed by atoms with Gasteiger partial charge in [-0.25, -0.2) is 19.0 Å². The molecule has 2 N–H and O–H groups in total. The fourth-order valence-corrected chi connectivity index (χ4v) is 3.26. The first-order chi connectivity index (χ1) is 16.0. The van der Waals surface area contributed by atoms with Gasteiger partial charge in [0.1, 0.15) is 11.6 Å². The average Bonchev–Trinajstić information content (AvgIpc) is 3.36. The molecule has 4 aromatic rings. The van der Waals surface area contributed by atoms with Crippen LogP contribution >= 0.6 is 0 Å². The zero-order valence-corrected chi connectivity index (χ0v) is 17.8. The molecule has 2 heterocycles. The third-order valence-electron chi connectivity index (χ3n) is 4.88. The first kappa shape index (κ1) is 21.8. The van der Waals surface area contributed by atoms with Gasteiger partial charge in [-0.15, -0.1) is 0 Å². The van der Waals surface area contributed by atoms with Crippen LogP contribution in [0.15, 0.2) is 73.2 Å². The summed E-state index contributed by atoms with van der Waals surface area (Å²) in [6.45, 7) is 1.96. The van der Waals surface area contributed by atoms with Gasteiger partial charge in [0.15, 0.2) is 0 Å². The summed E-state index contributed by atoms with van der Waals surface area (Å²) in [7, 11) is 0. The lowest BCUT2D eigenvalue weighted by molar-refractivity contribution is 0.0953. The Labute approximate surface area is 189 Å². The summed E-state index contributed by atoms with van der Waals surface area (Å²) < 4.78 is 15.6. The van der Waals surface area contributed by atoms with Gasteiger partial charge in [-0.05, 0) is 43.3 Å². The molecule has 0 saturated heterocycles. The molecule has 0 aliphatic rings. The number of benzene rings is 2. The van der Waals surface area contributed by atoms with Crippen LogP contribution in [0.1, 0.15) is 32.2 Å². The number of aromatic nitrogens is 4. The van der Waals surface area contributed by atoms with E-state index in [4.69, 9.17) is 0 Å². The molecule has 2 aromatic heterocycles. The Bertz CT molecular complexity index is 1290. The Kier molecular flexibility index (Phi) is 6.49. The normalized spacial score (nSPS) is 10.6. The van der Waals surface area contributed by atoms with Crippen LogP contribution in [-0.2, 0) is 6.42 Å². The van der Waals surface area contributed by atoms with Gasteiger partial charge in [-0.1, -0.05) is 18.2 Å². The predicted molar refractivity (Wildman–Crippen MR) is 121 cm³/mol. The molecule has 0 bridgehead atoms. The third-order valence-corrected chi connectivity index (χ3v) is 4.88. The Hall–Kier alpha value is -4.40. The van der Waals surface area contributed by atoms with E-state index in [1.807, 2.05) is 6.07 Å². The van der Waals surface area contributed by atoms with Crippen molar-refractivity contribution in [1.29, 1.82) is 0 Å². The molecule has 0 radical (unpaired) electrons. The highest BCUT2D eigenvalue weighted by molar-refractivity contribution is 6.05. The monoisotopic (exact) mass is 444 g/mol. The highest BCUT2D eigenvalue weighted by Gasteiger charge is 2.16. The molecule has 0 spiro atoms. The van der Waals surface area contributed by atoms with Crippen LogP contribution in [0.3, 0.4) is 0 Å². The number of nitrogens with zero attached hydrogens (tertiary/aromatic N) is 4. The van der Waals surface area contributed by atoms with Crippen LogP contribution < -0.4 is 10.6 Å². The van der Waals surface area contributed by atoms with E-state index in [0.29, 0.717) is 23.5 Å². The van der Waals surface area contributed by atoms with Crippen LogP contribution in [0.25, 0.3) is 5.69 Å². The van der Waals surface area contributed by atoms with E-state index in [9.17, 15) is 14.0 Å². The van der Waals surface area contributed by atoms with E-state index in [1.165, 1.54) is 18.3 Å². The molecule has 8 nitrogen and oxygen atoms in total. The molecule has 0 unspecified atom stereocenters. The molecule has 33 heavy (non-hydrogen) atoms. The summed E-state index contributed by atoms with van der Waals surface area (Å²) in [5.41, 5.74) is 2.01. The van der Waals surface area contributed by atoms with Gasteiger partial charge in [-0.2, -0.15) is 5.10 Å². The minimum absolute atomic E-state index is 0.0689. The number of aryl methyl sites for hydroxylation is 1. The fraction of sp³-hybridized carbons (Fsp3) is 0.125. The molecule has 2 aromatic carbocycles. The molecule has 0 aliphatic carbocycles. The van der Waals surface area contributed by atoms with Crippen LogP contribution in [0, 0.1) is 12.7 Å². The zero-order valence-electron chi connectivity index (χ0n) is 17.8. The minimum Gasteiger partial charge on any atom is -0.352 e. The van der Waals surface area contributed by atoms with Gasteiger partial charge < -0.3 is 10.6 Å². The quantitative estimate of drug-likeness (QED) is 0.455. The van der Waals surface area contributed by atoms with Crippen molar-refractivity contribution < 1.29 is 14.0 Å². The van der Waals surface area contributed by atoms with E-state index in [1.54, 1.807) is 60.4 Å². The van der Waals surface area contributed by atoms with Gasteiger partial charge in [0.2, 0.25) is 0 Å². The van der Waals surface area contributed by atoms with E-state index in [2.05, 4.69) is 25.7 Å². The van der Waals surface area contributed by atoms with Gasteiger partial charge in [0.05, 0.1) is 22.6 Å². The molecular weight excluding hydrogens is 423 g/mol. The molecule has 2 amide bonds. The summed E-state index contributed by atoms with van der Waals surface area (Å²) in [5, 5.41) is 9.55. The van der Waals surface area contributed by atoms with Crippen molar-refractivity contribution in [2.75, 3.05) is 11.9 Å². The molecule has 0 fully saturated rings. The standard InChI is InChI=1S/C24H21FN6O2/c1-16-27-15-19(24(33)30-22-9-3-2-8-20(22)25)21(29-16)10-12-26-23(32)17-6-4-7-18(14-17)31-13-5-11-28-31/h2-9,11,13-15H,10,12H2,1H3,(H,26,32)(H,30,33). The van der Waals surface area contributed by atoms with E-state index in [0.717, 1.165) is 5.69 Å². The maximum atomic E-state index is 13.9. The topological polar surface area (TPSA) is 102 Å². The maximum absolute atomic E-state index is 13.9. The van der Waals surface area contributed by atoms with Crippen molar-refractivity contribution in [2.45, 2.75) is 13.3 Å². The Morgan fingerprint density at radius 2 is 1.91 bits per heavy atom. The average molecular weight is 444 g/mol. The number of carbonyl (C=O) groups is 2. The number of hydrogen-bond donors (Lipinski definition) is 2. The Balaban J connectivity index is 1.43. The Morgan fingerprint density at radius 3 is 2.70 bits per heavy atom. The lowest BCUT2D eigenvalue weighted by Gasteiger charge is -2.11. The van der Waals surface area contributed by atoms with Gasteiger partial charge in [0.25, 0.3) is 11.8 Å². The molecular formula is C24H21FN6O2. The van der Waals surface area contributed by atoms with Crippen LogP contribution in [0.4, 0.5) is 10.1 Å². The molecule has 4 rings (SSSR count). The first-order valence-corrected chi connectivity index (χ1v) is 10.3. The summed E-state index contributed by atoms with van der Waals surface area (Å²) in [6.07, 6.45) is 5.16. The van der Waals surface area contributed by atoms with Gasteiger partial charge in [-0.3, -0.25) is 9.59 Å². The molecule has 0 aliphatic heterocycles. The van der Waals surface area contributed by atoms with Crippen molar-refractivity contribution >= 4 is 17.5 Å². The van der Waals surface area contributed by atoms with Crippen molar-refractivity contribution in [1.82, 2.24) is 25.1 Å². The van der Waals surface area contributed by atoms with E-state index in [-0.39, 0.29) is 23.7 Å². The van der Waals surface area contributed by atoms with Gasteiger partial charge >= 0.3 is 0 Å². The second-order valence-corrected chi connectivity index (χ2v) is 7.22. The summed E-state index contributed by atoms with van der Waals surface area (Å²) in [6, 6.07) is 14.8. The molecule has 9 heteroatoms. The van der Waals surface area contributed by atoms with Crippen LogP contribution in [0.2, 0.25) is 0 Å². The number of rotatable bonds is 7. The second-order valence-electron chi connectivity index (χ2n) is 7.22. The lowest BCUT2D eigenvalue weighted by Crippen LogP contribution is -2.27. The summed E-state index contributed by atoms with van der Waals surface area (Å²) in [4.78, 5) is 33.8. The third kappa shape index (κ3) is 5.27. The number of amides is 2. The smallest absolute Gasteiger partial charge is 0.259 e. The molecule has 0 saturated carbocycles. The lowest BCUT2D eigenvalue weighted by atomic mass is 10.1. The van der Waals surface area contributed by atoms with Crippen LogP contribution in [-0.4, -0.2) is 38.1 Å². The Morgan fingerprint density at radius 1 is 1.06 bits per heavy atom. The van der Waals surface area contributed by atoms with Crippen molar-refractivity contribution in [3.05, 3.63) is 102 Å². The number of para-hydroxylation sites is 1. The van der Waals surface area contributed by atoms with Crippen LogP contribution in [0.5, 0.6) is 0 Å². The van der Waals surface area contributed by atoms with E-state index >= 15 is 0 Å². The van der Waals surface area contributed by atoms with Gasteiger partial charge in [0, 0.05) is 37.1 Å². The minimum atomic E-state index is -0.537. The largest absolute Gasteiger partial charge is 0.352 e. The number of carbonyl (C=O) groups excluding carboxylic acids is 2. The van der Waals surface area contributed by atoms with Crippen molar-refractivity contribution in [3.8, 4) is 5.69 Å². The number of hydrogen-bond acceptors (Lipinski definition) is 5. The second kappa shape index (κ2) is 9.82. The number of anilines is 1. The number of nitrogens with one attached hydrogen (secondary N) is 2. The van der Waals surface area contributed by atoms with E-state index < -0.39 is 11.7 Å². The van der Waals surface area contributed by atoms with Crippen molar-refractivity contribution in [3.63, 3.8) is 0 Å². The highest BCUT2D eigenvalue weighted by atomic mass is 19.1. The zero-order chi connectivity index (χ0) is 23.2.